The van der Waals surface area contributed by atoms with Crippen LogP contribution in [0.2, 0.25) is 10.0 Å². The Bertz CT molecular complexity index is 523. The first-order chi connectivity index (χ1) is 10.5. The second-order valence-corrected chi connectivity index (χ2v) is 7.02. The number of rotatable bonds is 5. The van der Waals surface area contributed by atoms with Crippen LogP contribution in [0.3, 0.4) is 0 Å². The van der Waals surface area contributed by atoms with Crippen molar-refractivity contribution >= 4 is 41.5 Å². The first kappa shape index (κ1) is 20.6. The lowest BCUT2D eigenvalue weighted by atomic mass is 9.92. The van der Waals surface area contributed by atoms with E-state index in [4.69, 9.17) is 28.9 Å². The van der Waals surface area contributed by atoms with Gasteiger partial charge in [0.05, 0.1) is 10.0 Å². The number of amides is 1. The van der Waals surface area contributed by atoms with Crippen LogP contribution in [0, 0.1) is 5.92 Å². The molecule has 130 valence electrons. The van der Waals surface area contributed by atoms with Crippen molar-refractivity contribution < 1.29 is 4.79 Å². The molecule has 2 N–H and O–H groups in total. The molecule has 1 saturated heterocycles. The maximum Gasteiger partial charge on any atom is 0.222 e. The second kappa shape index (κ2) is 9.73. The van der Waals surface area contributed by atoms with Gasteiger partial charge in [-0.05, 0) is 56.2 Å². The molecule has 0 bridgehead atoms. The van der Waals surface area contributed by atoms with Gasteiger partial charge < -0.3 is 10.6 Å². The van der Waals surface area contributed by atoms with Crippen molar-refractivity contribution in [1.29, 1.82) is 0 Å². The minimum Gasteiger partial charge on any atom is -0.342 e. The molecule has 0 saturated carbocycles. The van der Waals surface area contributed by atoms with Gasteiger partial charge in [0.25, 0.3) is 0 Å². The number of halogens is 3. The maximum atomic E-state index is 12.3. The van der Waals surface area contributed by atoms with Crippen molar-refractivity contribution in [2.75, 3.05) is 13.1 Å². The fourth-order valence-electron chi connectivity index (χ4n) is 2.96. The molecule has 1 aromatic carbocycles. The van der Waals surface area contributed by atoms with Crippen LogP contribution in [0.1, 0.15) is 38.2 Å². The molecule has 0 radical (unpaired) electrons. The van der Waals surface area contributed by atoms with Crippen molar-refractivity contribution in [2.24, 2.45) is 11.7 Å². The van der Waals surface area contributed by atoms with Gasteiger partial charge in [0.15, 0.2) is 0 Å². The van der Waals surface area contributed by atoms with Gasteiger partial charge in [0.1, 0.15) is 0 Å². The Labute approximate surface area is 154 Å². The molecule has 1 aliphatic rings. The van der Waals surface area contributed by atoms with Crippen LogP contribution in [0.4, 0.5) is 0 Å². The summed E-state index contributed by atoms with van der Waals surface area (Å²) in [7, 11) is 0. The molecule has 2 atom stereocenters. The van der Waals surface area contributed by atoms with E-state index in [1.54, 1.807) is 6.07 Å². The van der Waals surface area contributed by atoms with Crippen molar-refractivity contribution in [3.8, 4) is 0 Å². The van der Waals surface area contributed by atoms with Crippen LogP contribution in [0.15, 0.2) is 18.2 Å². The summed E-state index contributed by atoms with van der Waals surface area (Å²) in [5.41, 5.74) is 7.09. The fourth-order valence-corrected chi connectivity index (χ4v) is 3.28. The summed E-state index contributed by atoms with van der Waals surface area (Å²) < 4.78 is 0. The van der Waals surface area contributed by atoms with E-state index in [-0.39, 0.29) is 24.4 Å². The number of nitrogens with two attached hydrogens (primary N) is 1. The molecule has 1 amide bonds. The van der Waals surface area contributed by atoms with Crippen LogP contribution < -0.4 is 5.73 Å². The SMILES string of the molecule is CC(N)C1CCCN(C(=O)CCCc2ccc(Cl)c(Cl)c2)C1.Cl. The molecule has 23 heavy (non-hydrogen) atoms. The lowest BCUT2D eigenvalue weighted by molar-refractivity contribution is -0.133. The quantitative estimate of drug-likeness (QED) is 0.828. The van der Waals surface area contributed by atoms with Crippen LogP contribution in [-0.4, -0.2) is 29.9 Å². The highest BCUT2D eigenvalue weighted by molar-refractivity contribution is 6.42. The van der Waals surface area contributed by atoms with E-state index >= 15 is 0 Å². The lowest BCUT2D eigenvalue weighted by Gasteiger charge is -2.34. The van der Waals surface area contributed by atoms with Gasteiger partial charge in [0, 0.05) is 25.6 Å². The Morgan fingerprint density at radius 3 is 2.78 bits per heavy atom. The number of likely N-dealkylation sites (tertiary alicyclic amines) is 1. The third kappa shape index (κ3) is 6.15. The van der Waals surface area contributed by atoms with Crippen LogP contribution >= 0.6 is 35.6 Å². The van der Waals surface area contributed by atoms with Crippen LogP contribution in [0.25, 0.3) is 0 Å². The first-order valence-electron chi connectivity index (χ1n) is 7.94. The van der Waals surface area contributed by atoms with Gasteiger partial charge in [-0.25, -0.2) is 0 Å². The van der Waals surface area contributed by atoms with Crippen molar-refractivity contribution in [1.82, 2.24) is 4.90 Å². The first-order valence-corrected chi connectivity index (χ1v) is 8.70. The van der Waals surface area contributed by atoms with Crippen LogP contribution in [-0.2, 0) is 11.2 Å². The zero-order valence-corrected chi connectivity index (χ0v) is 15.8. The van der Waals surface area contributed by atoms with E-state index < -0.39 is 0 Å². The average Bonchev–Trinajstić information content (AvgIpc) is 2.51. The van der Waals surface area contributed by atoms with Gasteiger partial charge in [0.2, 0.25) is 5.91 Å². The molecule has 2 rings (SSSR count). The molecule has 1 aromatic rings. The zero-order chi connectivity index (χ0) is 16.1. The smallest absolute Gasteiger partial charge is 0.222 e. The summed E-state index contributed by atoms with van der Waals surface area (Å²) in [6.45, 7) is 3.71. The van der Waals surface area contributed by atoms with Gasteiger partial charge in [-0.1, -0.05) is 29.3 Å². The monoisotopic (exact) mass is 378 g/mol. The topological polar surface area (TPSA) is 46.3 Å². The number of carbonyl (C=O) groups is 1. The molecule has 0 aromatic heterocycles. The van der Waals surface area contributed by atoms with Crippen molar-refractivity contribution in [3.05, 3.63) is 33.8 Å². The Morgan fingerprint density at radius 2 is 2.13 bits per heavy atom. The summed E-state index contributed by atoms with van der Waals surface area (Å²) >= 11 is 11.9. The normalized spacial score (nSPS) is 19.1. The van der Waals surface area contributed by atoms with Gasteiger partial charge in [-0.2, -0.15) is 0 Å². The van der Waals surface area contributed by atoms with Gasteiger partial charge >= 0.3 is 0 Å². The Balaban J connectivity index is 0.00000264. The minimum atomic E-state index is 0. The molecule has 0 spiro atoms. The average molecular weight is 380 g/mol. The number of aryl methyl sites for hydroxylation is 1. The molecule has 1 fully saturated rings. The predicted octanol–water partition coefficient (Wildman–Crippen LogP) is 4.32. The van der Waals surface area contributed by atoms with Crippen LogP contribution in [0.5, 0.6) is 0 Å². The van der Waals surface area contributed by atoms with Gasteiger partial charge in [-0.15, -0.1) is 12.4 Å². The standard InChI is InChI=1S/C17H24Cl2N2O.ClH/c1-12(20)14-5-3-9-21(11-14)17(22)6-2-4-13-7-8-15(18)16(19)10-13;/h7-8,10,12,14H,2-6,9,11,20H2,1H3;1H. The third-order valence-electron chi connectivity index (χ3n) is 4.39. The molecule has 1 aliphatic heterocycles. The zero-order valence-electron chi connectivity index (χ0n) is 13.4. The van der Waals surface area contributed by atoms with Gasteiger partial charge in [-0.3, -0.25) is 4.79 Å². The highest BCUT2D eigenvalue weighted by atomic mass is 35.5. The molecular weight excluding hydrogens is 355 g/mol. The minimum absolute atomic E-state index is 0. The largest absolute Gasteiger partial charge is 0.342 e. The summed E-state index contributed by atoms with van der Waals surface area (Å²) in [5, 5.41) is 1.14. The summed E-state index contributed by atoms with van der Waals surface area (Å²) in [5.74, 6) is 0.679. The third-order valence-corrected chi connectivity index (χ3v) is 5.13. The predicted molar refractivity (Wildman–Crippen MR) is 99.6 cm³/mol. The number of nitrogens with zero attached hydrogens (tertiary/aromatic N) is 1. The Hall–Kier alpha value is -0.480. The fraction of sp³-hybridized carbons (Fsp3) is 0.588. The molecule has 6 heteroatoms. The number of carbonyl (C=O) groups excluding carboxylic acids is 1. The Kier molecular flexibility index (Phi) is 8.70. The summed E-state index contributed by atoms with van der Waals surface area (Å²) in [4.78, 5) is 14.3. The summed E-state index contributed by atoms with van der Waals surface area (Å²) in [6.07, 6.45) is 4.44. The Morgan fingerprint density at radius 1 is 1.39 bits per heavy atom. The van der Waals surface area contributed by atoms with E-state index in [2.05, 4.69) is 0 Å². The molecule has 2 unspecified atom stereocenters. The van der Waals surface area contributed by atoms with E-state index in [0.29, 0.717) is 22.4 Å². The van der Waals surface area contributed by atoms with Crippen molar-refractivity contribution in [3.63, 3.8) is 0 Å². The molecule has 1 heterocycles. The molecule has 3 nitrogen and oxygen atoms in total. The van der Waals surface area contributed by atoms with E-state index in [0.717, 1.165) is 44.3 Å². The number of piperidine rings is 1. The number of benzene rings is 1. The lowest BCUT2D eigenvalue weighted by Crippen LogP contribution is -2.45. The van der Waals surface area contributed by atoms with Crippen molar-refractivity contribution in [2.45, 2.75) is 45.1 Å². The summed E-state index contributed by atoms with van der Waals surface area (Å²) in [6, 6.07) is 5.80. The maximum absolute atomic E-state index is 12.3. The highest BCUT2D eigenvalue weighted by Crippen LogP contribution is 2.24. The molecular formula is C17H25Cl3N2O. The second-order valence-electron chi connectivity index (χ2n) is 6.20. The number of hydrogen-bond acceptors (Lipinski definition) is 2. The van der Waals surface area contributed by atoms with E-state index in [9.17, 15) is 4.79 Å². The van der Waals surface area contributed by atoms with E-state index in [1.165, 1.54) is 0 Å². The molecule has 0 aliphatic carbocycles. The van der Waals surface area contributed by atoms with E-state index in [1.807, 2.05) is 24.0 Å². The number of hydrogen-bond donors (Lipinski definition) is 1. The highest BCUT2D eigenvalue weighted by Gasteiger charge is 2.25.